The zero-order chi connectivity index (χ0) is 14.7. The molecule has 112 valence electrons. The van der Waals surface area contributed by atoms with Crippen LogP contribution in [-0.2, 0) is 24.7 Å². The van der Waals surface area contributed by atoms with Crippen molar-refractivity contribution in [1.82, 2.24) is 9.62 Å². The smallest absolute Gasteiger partial charge is 0.232 e. The summed E-state index contributed by atoms with van der Waals surface area (Å²) in [6.45, 7) is 0.660. The van der Waals surface area contributed by atoms with Crippen molar-refractivity contribution in [2.24, 2.45) is 5.73 Å². The molecule has 1 atom stereocenters. The van der Waals surface area contributed by atoms with Crippen LogP contribution in [0.1, 0.15) is 12.8 Å². The van der Waals surface area contributed by atoms with Crippen molar-refractivity contribution < 1.29 is 21.6 Å². The Morgan fingerprint density at radius 1 is 1.37 bits per heavy atom. The normalized spacial score (nSPS) is 21.5. The van der Waals surface area contributed by atoms with Gasteiger partial charge in [0.25, 0.3) is 0 Å². The van der Waals surface area contributed by atoms with Gasteiger partial charge >= 0.3 is 0 Å². The highest BCUT2D eigenvalue weighted by atomic mass is 32.3. The number of nitrogens with zero attached hydrogens (tertiary/aromatic N) is 1. The standard InChI is InChI=1S/C9H19N3O5S2/c1-18(14,15)7-19(16,17)12(6-9(10)13)8-3-2-4-11-5-8/h8,11H,2-7H2,1H3,(H2,10,13). The fourth-order valence-corrected chi connectivity index (χ4v) is 5.69. The maximum Gasteiger partial charge on any atom is 0.232 e. The van der Waals surface area contributed by atoms with E-state index in [0.717, 1.165) is 23.5 Å². The van der Waals surface area contributed by atoms with Crippen LogP contribution in [0.2, 0.25) is 0 Å². The van der Waals surface area contributed by atoms with Crippen LogP contribution in [0.3, 0.4) is 0 Å². The second-order valence-electron chi connectivity index (χ2n) is 4.67. The summed E-state index contributed by atoms with van der Waals surface area (Å²) in [4.78, 5) is 11.0. The predicted octanol–water partition coefficient (Wildman–Crippen LogP) is -2.14. The number of rotatable bonds is 6. The lowest BCUT2D eigenvalue weighted by molar-refractivity contribution is -0.118. The third-order valence-electron chi connectivity index (χ3n) is 2.71. The Kier molecular flexibility index (Phi) is 5.30. The van der Waals surface area contributed by atoms with Crippen molar-refractivity contribution in [3.63, 3.8) is 0 Å². The summed E-state index contributed by atoms with van der Waals surface area (Å²) in [7, 11) is -7.77. The van der Waals surface area contributed by atoms with Crippen LogP contribution in [0.15, 0.2) is 0 Å². The van der Waals surface area contributed by atoms with Gasteiger partial charge < -0.3 is 11.1 Å². The van der Waals surface area contributed by atoms with Gasteiger partial charge in [-0.2, -0.15) is 4.31 Å². The molecule has 0 aromatic carbocycles. The number of hydrogen-bond donors (Lipinski definition) is 2. The van der Waals surface area contributed by atoms with Crippen LogP contribution in [0, 0.1) is 0 Å². The highest BCUT2D eigenvalue weighted by Crippen LogP contribution is 2.16. The lowest BCUT2D eigenvalue weighted by Crippen LogP contribution is -2.52. The van der Waals surface area contributed by atoms with Gasteiger partial charge in [-0.15, -0.1) is 0 Å². The topological polar surface area (TPSA) is 127 Å². The highest BCUT2D eigenvalue weighted by molar-refractivity contribution is 8.06. The number of primary amides is 1. The molecule has 1 fully saturated rings. The van der Waals surface area contributed by atoms with Crippen molar-refractivity contribution in [2.45, 2.75) is 18.9 Å². The largest absolute Gasteiger partial charge is 0.369 e. The molecule has 1 amide bonds. The molecular weight excluding hydrogens is 294 g/mol. The van der Waals surface area contributed by atoms with Gasteiger partial charge in [0, 0.05) is 18.8 Å². The van der Waals surface area contributed by atoms with Crippen molar-refractivity contribution >= 4 is 25.8 Å². The molecule has 1 saturated heterocycles. The first-order valence-corrected chi connectivity index (χ1v) is 9.45. The molecule has 0 radical (unpaired) electrons. The molecule has 19 heavy (non-hydrogen) atoms. The third kappa shape index (κ3) is 5.43. The molecule has 1 aliphatic heterocycles. The fourth-order valence-electron chi connectivity index (χ4n) is 2.03. The number of sulfone groups is 1. The van der Waals surface area contributed by atoms with Crippen molar-refractivity contribution in [2.75, 3.05) is 31.0 Å². The fraction of sp³-hybridized carbons (Fsp3) is 0.889. The number of hydrogen-bond acceptors (Lipinski definition) is 6. The molecule has 10 heteroatoms. The van der Waals surface area contributed by atoms with E-state index in [1.165, 1.54) is 0 Å². The van der Waals surface area contributed by atoms with Crippen molar-refractivity contribution in [3.05, 3.63) is 0 Å². The summed E-state index contributed by atoms with van der Waals surface area (Å²) in [5.74, 6) is -0.803. The van der Waals surface area contributed by atoms with E-state index in [0.29, 0.717) is 13.0 Å². The van der Waals surface area contributed by atoms with Crippen LogP contribution < -0.4 is 11.1 Å². The van der Waals surface area contributed by atoms with Crippen LogP contribution in [0.25, 0.3) is 0 Å². The molecule has 1 aliphatic rings. The van der Waals surface area contributed by atoms with E-state index in [2.05, 4.69) is 5.32 Å². The van der Waals surface area contributed by atoms with Gasteiger partial charge in [-0.1, -0.05) is 0 Å². The van der Waals surface area contributed by atoms with Crippen LogP contribution >= 0.6 is 0 Å². The first kappa shape index (κ1) is 16.3. The van der Waals surface area contributed by atoms with E-state index in [1.54, 1.807) is 0 Å². The van der Waals surface area contributed by atoms with Gasteiger partial charge in [0.05, 0.1) is 6.54 Å². The second kappa shape index (κ2) is 6.16. The summed E-state index contributed by atoms with van der Waals surface area (Å²) in [6.07, 6.45) is 2.17. The molecule has 3 N–H and O–H groups in total. The molecule has 1 rings (SSSR count). The number of sulfonamides is 1. The van der Waals surface area contributed by atoms with Crippen LogP contribution in [-0.4, -0.2) is 64.1 Å². The summed E-state index contributed by atoms with van der Waals surface area (Å²) in [6, 6.07) is -0.437. The van der Waals surface area contributed by atoms with Gasteiger partial charge in [-0.05, 0) is 19.4 Å². The van der Waals surface area contributed by atoms with E-state index < -0.39 is 43.4 Å². The van der Waals surface area contributed by atoms with E-state index in [1.807, 2.05) is 0 Å². The van der Waals surface area contributed by atoms with Crippen LogP contribution in [0.4, 0.5) is 0 Å². The monoisotopic (exact) mass is 313 g/mol. The Morgan fingerprint density at radius 2 is 2.00 bits per heavy atom. The lowest BCUT2D eigenvalue weighted by Gasteiger charge is -2.32. The number of carbonyl (C=O) groups is 1. The van der Waals surface area contributed by atoms with Gasteiger partial charge in [0.15, 0.2) is 14.9 Å². The van der Waals surface area contributed by atoms with E-state index in [-0.39, 0.29) is 0 Å². The number of carbonyl (C=O) groups excluding carboxylic acids is 1. The Labute approximate surface area is 113 Å². The predicted molar refractivity (Wildman–Crippen MR) is 70.4 cm³/mol. The van der Waals surface area contributed by atoms with E-state index in [9.17, 15) is 21.6 Å². The third-order valence-corrected chi connectivity index (χ3v) is 6.76. The molecular formula is C9H19N3O5S2. The summed E-state index contributed by atoms with van der Waals surface area (Å²) >= 11 is 0. The minimum Gasteiger partial charge on any atom is -0.369 e. The first-order chi connectivity index (χ1) is 8.62. The number of amides is 1. The number of piperidine rings is 1. The average molecular weight is 313 g/mol. The Morgan fingerprint density at radius 3 is 2.42 bits per heavy atom. The SMILES string of the molecule is CS(=O)(=O)CS(=O)(=O)N(CC(N)=O)C1CCCNC1. The highest BCUT2D eigenvalue weighted by Gasteiger charge is 2.34. The molecule has 8 nitrogen and oxygen atoms in total. The molecule has 0 bridgehead atoms. The van der Waals surface area contributed by atoms with E-state index >= 15 is 0 Å². The second-order valence-corrected chi connectivity index (χ2v) is 9.09. The molecule has 1 unspecified atom stereocenters. The summed E-state index contributed by atoms with van der Waals surface area (Å²) < 4.78 is 47.5. The zero-order valence-corrected chi connectivity index (χ0v) is 12.3. The molecule has 0 aromatic heterocycles. The Bertz CT molecular complexity index is 522. The maximum atomic E-state index is 12.1. The van der Waals surface area contributed by atoms with Crippen molar-refractivity contribution in [3.8, 4) is 0 Å². The quantitative estimate of drug-likeness (QED) is 0.576. The average Bonchev–Trinajstić information content (AvgIpc) is 2.23. The number of nitrogens with two attached hydrogens (primary N) is 1. The van der Waals surface area contributed by atoms with Gasteiger partial charge in [0.1, 0.15) is 0 Å². The molecule has 0 saturated carbocycles. The van der Waals surface area contributed by atoms with Gasteiger partial charge in [-0.3, -0.25) is 4.79 Å². The zero-order valence-electron chi connectivity index (χ0n) is 10.7. The van der Waals surface area contributed by atoms with Gasteiger partial charge in [0.2, 0.25) is 15.9 Å². The van der Waals surface area contributed by atoms with E-state index in [4.69, 9.17) is 5.73 Å². The summed E-state index contributed by atoms with van der Waals surface area (Å²) in [5, 5.41) is 2.01. The minimum absolute atomic E-state index is 0.385. The lowest BCUT2D eigenvalue weighted by atomic mass is 10.1. The molecule has 1 heterocycles. The van der Waals surface area contributed by atoms with Crippen LogP contribution in [0.5, 0.6) is 0 Å². The summed E-state index contributed by atoms with van der Waals surface area (Å²) in [5.41, 5.74) is 5.05. The first-order valence-electron chi connectivity index (χ1n) is 5.78. The molecule has 0 aliphatic carbocycles. The molecule has 0 spiro atoms. The molecule has 0 aromatic rings. The Balaban J connectivity index is 2.98. The Hall–Kier alpha value is -0.710. The van der Waals surface area contributed by atoms with Crippen molar-refractivity contribution in [1.29, 1.82) is 0 Å². The van der Waals surface area contributed by atoms with Gasteiger partial charge in [-0.25, -0.2) is 16.8 Å². The number of nitrogens with one attached hydrogen (secondary N) is 1. The minimum atomic E-state index is -4.07. The maximum absolute atomic E-state index is 12.1.